The van der Waals surface area contributed by atoms with E-state index in [4.69, 9.17) is 0 Å². The third kappa shape index (κ3) is 4.43. The fraction of sp³-hybridized carbons (Fsp3) is 0.167. The Morgan fingerprint density at radius 3 is 2.32 bits per heavy atom. The summed E-state index contributed by atoms with van der Waals surface area (Å²) in [5.41, 5.74) is 2.07. The maximum absolute atomic E-state index is 12.6. The third-order valence-corrected chi connectivity index (χ3v) is 3.73. The van der Waals surface area contributed by atoms with Crippen molar-refractivity contribution in [3.05, 3.63) is 71.9 Å². The fourth-order valence-electron chi connectivity index (χ4n) is 2.39. The number of rotatable bonds is 4. The van der Waals surface area contributed by atoms with E-state index < -0.39 is 11.7 Å². The van der Waals surface area contributed by atoms with E-state index in [0.29, 0.717) is 12.5 Å². The normalized spacial score (nSPS) is 11.0. The molecule has 0 unspecified atom stereocenters. The number of anilines is 1. The Morgan fingerprint density at radius 2 is 1.72 bits per heavy atom. The molecule has 0 saturated heterocycles. The van der Waals surface area contributed by atoms with Crippen LogP contribution in [0.25, 0.3) is 11.3 Å². The van der Waals surface area contributed by atoms with Gasteiger partial charge in [-0.25, -0.2) is 4.98 Å². The molecule has 0 atom stereocenters. The summed E-state index contributed by atoms with van der Waals surface area (Å²) in [6.07, 6.45) is -2.56. The molecule has 0 aliphatic carbocycles. The zero-order valence-electron chi connectivity index (χ0n) is 13.3. The predicted molar refractivity (Wildman–Crippen MR) is 86.3 cm³/mol. The van der Waals surface area contributed by atoms with E-state index in [-0.39, 0.29) is 16.8 Å². The van der Waals surface area contributed by atoms with Crippen molar-refractivity contribution in [1.29, 1.82) is 0 Å². The van der Waals surface area contributed by atoms with Gasteiger partial charge in [-0.05, 0) is 17.7 Å². The van der Waals surface area contributed by atoms with Crippen molar-refractivity contribution in [1.82, 2.24) is 9.55 Å². The van der Waals surface area contributed by atoms with Crippen LogP contribution >= 0.6 is 0 Å². The summed E-state index contributed by atoms with van der Waals surface area (Å²) in [7, 11) is 1.88. The van der Waals surface area contributed by atoms with Crippen LogP contribution in [-0.2, 0) is 36.5 Å². The summed E-state index contributed by atoms with van der Waals surface area (Å²) in [6.45, 7) is 0.394. The van der Waals surface area contributed by atoms with E-state index in [1.54, 1.807) is 6.20 Å². The molecule has 1 radical (unpaired) electrons. The van der Waals surface area contributed by atoms with Crippen LogP contribution in [0.3, 0.4) is 0 Å². The second kappa shape index (κ2) is 7.75. The number of hydrogen-bond acceptors (Lipinski definition) is 2. The van der Waals surface area contributed by atoms with Crippen molar-refractivity contribution in [2.45, 2.75) is 12.7 Å². The summed E-state index contributed by atoms with van der Waals surface area (Å²) in [5, 5.41) is 3.14. The fourth-order valence-corrected chi connectivity index (χ4v) is 2.39. The predicted octanol–water partition coefficient (Wildman–Crippen LogP) is 4.52. The van der Waals surface area contributed by atoms with Gasteiger partial charge in [0.25, 0.3) is 0 Å². The minimum Gasteiger partial charge on any atom is -0.352 e. The first-order valence-corrected chi connectivity index (χ1v) is 7.33. The van der Waals surface area contributed by atoms with Crippen LogP contribution in [0.5, 0.6) is 0 Å². The Kier molecular flexibility index (Phi) is 5.92. The van der Waals surface area contributed by atoms with Crippen LogP contribution in [-0.4, -0.2) is 9.55 Å². The van der Waals surface area contributed by atoms with Gasteiger partial charge < -0.3 is 9.88 Å². The average molecular weight is 389 g/mol. The molecule has 7 heteroatoms. The maximum Gasteiger partial charge on any atom is 0.416 e. The molecule has 0 bridgehead atoms. The van der Waals surface area contributed by atoms with Crippen molar-refractivity contribution >= 4 is 5.95 Å². The number of aromatic nitrogens is 2. The molecular weight excluding hydrogens is 374 g/mol. The van der Waals surface area contributed by atoms with E-state index in [1.807, 2.05) is 35.9 Å². The Balaban J connectivity index is 0.00000225. The van der Waals surface area contributed by atoms with Gasteiger partial charge in [-0.15, -0.1) is 5.56 Å². The topological polar surface area (TPSA) is 29.9 Å². The molecule has 3 rings (SSSR count). The Hall–Kier alpha value is -2.25. The molecule has 1 aromatic heterocycles. The summed E-state index contributed by atoms with van der Waals surface area (Å²) >= 11 is 0. The molecule has 0 spiro atoms. The first-order valence-electron chi connectivity index (χ1n) is 7.33. The van der Waals surface area contributed by atoms with Crippen molar-refractivity contribution in [3.8, 4) is 11.3 Å². The molecular formula is C18H15CoF3N3-. The molecule has 0 amide bonds. The van der Waals surface area contributed by atoms with Crippen molar-refractivity contribution in [2.24, 2.45) is 7.05 Å². The Morgan fingerprint density at radius 1 is 1.08 bits per heavy atom. The standard InChI is InChI=1S/C18H15F3N3.Co/c1-24-16(14-5-3-2-4-6-14)12-23-17(24)22-11-13-7-9-15(10-8-13)18(19,20)21;/h3-10,12H,11H2,1H3,(H,22,23);/q-1;. The van der Waals surface area contributed by atoms with Gasteiger partial charge in [0.15, 0.2) is 0 Å². The summed E-state index contributed by atoms with van der Waals surface area (Å²) in [5.74, 6) is 0.651. The van der Waals surface area contributed by atoms with Crippen LogP contribution in [0.1, 0.15) is 11.1 Å². The summed E-state index contributed by atoms with van der Waals surface area (Å²) < 4.78 is 39.6. The van der Waals surface area contributed by atoms with Crippen molar-refractivity contribution in [2.75, 3.05) is 5.32 Å². The molecule has 25 heavy (non-hydrogen) atoms. The van der Waals surface area contributed by atoms with Crippen LogP contribution < -0.4 is 5.32 Å². The van der Waals surface area contributed by atoms with Crippen LogP contribution in [0.4, 0.5) is 19.1 Å². The molecule has 133 valence electrons. The third-order valence-electron chi connectivity index (χ3n) is 3.73. The number of alkyl halides is 3. The number of hydrogen-bond donors (Lipinski definition) is 1. The van der Waals surface area contributed by atoms with Gasteiger partial charge >= 0.3 is 6.18 Å². The van der Waals surface area contributed by atoms with Gasteiger partial charge in [-0.3, -0.25) is 0 Å². The van der Waals surface area contributed by atoms with Gasteiger partial charge in [0.05, 0.1) is 11.8 Å². The number of nitrogens with one attached hydrogen (secondary N) is 1. The van der Waals surface area contributed by atoms with E-state index in [9.17, 15) is 13.2 Å². The number of imidazole rings is 1. The quantitative estimate of drug-likeness (QED) is 0.666. The van der Waals surface area contributed by atoms with Crippen molar-refractivity contribution < 1.29 is 30.0 Å². The second-order valence-corrected chi connectivity index (χ2v) is 5.36. The number of benzene rings is 2. The van der Waals surface area contributed by atoms with E-state index in [1.165, 1.54) is 12.1 Å². The van der Waals surface area contributed by atoms with Gasteiger partial charge in [0.1, 0.15) is 0 Å². The molecule has 0 aliphatic rings. The van der Waals surface area contributed by atoms with Gasteiger partial charge in [0, 0.05) is 36.1 Å². The second-order valence-electron chi connectivity index (χ2n) is 5.36. The van der Waals surface area contributed by atoms with Crippen molar-refractivity contribution in [3.63, 3.8) is 0 Å². The summed E-state index contributed by atoms with van der Waals surface area (Å²) in [6, 6.07) is 15.6. The molecule has 1 heterocycles. The van der Waals surface area contributed by atoms with Gasteiger partial charge in [-0.1, -0.05) is 12.1 Å². The maximum atomic E-state index is 12.6. The first-order chi connectivity index (χ1) is 11.4. The molecule has 1 N–H and O–H groups in total. The van der Waals surface area contributed by atoms with Gasteiger partial charge in [0.2, 0.25) is 5.95 Å². The minimum atomic E-state index is -4.31. The zero-order valence-corrected chi connectivity index (χ0v) is 14.3. The largest absolute Gasteiger partial charge is 0.416 e. The smallest absolute Gasteiger partial charge is 0.352 e. The molecule has 0 saturated carbocycles. The van der Waals surface area contributed by atoms with E-state index in [0.717, 1.165) is 29.0 Å². The first kappa shape index (κ1) is 19.1. The molecule has 3 nitrogen and oxygen atoms in total. The molecule has 0 aliphatic heterocycles. The molecule has 0 fully saturated rings. The van der Waals surface area contributed by atoms with Crippen LogP contribution in [0.2, 0.25) is 0 Å². The monoisotopic (exact) mass is 389 g/mol. The minimum absolute atomic E-state index is 0. The zero-order chi connectivity index (χ0) is 17.2. The average Bonchev–Trinajstić information content (AvgIpc) is 2.94. The van der Waals surface area contributed by atoms with Gasteiger partial charge in [-0.2, -0.15) is 43.5 Å². The SMILES string of the molecule is Cn1c(-c2cc[c-]cc2)cnc1NCc1ccc(C(F)(F)F)cc1.[Co]. The molecule has 3 aromatic rings. The molecule has 2 aromatic carbocycles. The number of nitrogens with zero attached hydrogens (tertiary/aromatic N) is 2. The summed E-state index contributed by atoms with van der Waals surface area (Å²) in [4.78, 5) is 4.33. The van der Waals surface area contributed by atoms with Crippen LogP contribution in [0, 0.1) is 6.07 Å². The van der Waals surface area contributed by atoms with E-state index >= 15 is 0 Å². The van der Waals surface area contributed by atoms with E-state index in [2.05, 4.69) is 16.4 Å². The van der Waals surface area contributed by atoms with Crippen LogP contribution in [0.15, 0.2) is 54.7 Å². The Bertz CT molecular complexity index is 812. The number of halogens is 3. The Labute approximate surface area is 154 Å².